The summed E-state index contributed by atoms with van der Waals surface area (Å²) >= 11 is 0. The number of anilines is 3. The van der Waals surface area contributed by atoms with Gasteiger partial charge in [-0.3, -0.25) is 5.10 Å². The van der Waals surface area contributed by atoms with Crippen molar-refractivity contribution in [1.82, 2.24) is 20.2 Å². The maximum atomic E-state index is 4.49. The van der Waals surface area contributed by atoms with Gasteiger partial charge in [-0.05, 0) is 17.5 Å². The number of aromatic nitrogens is 4. The maximum absolute atomic E-state index is 4.49. The van der Waals surface area contributed by atoms with Gasteiger partial charge in [0.25, 0.3) is 0 Å². The van der Waals surface area contributed by atoms with E-state index in [1.807, 2.05) is 12.1 Å². The number of aromatic amines is 1. The van der Waals surface area contributed by atoms with Crippen LogP contribution in [-0.4, -0.2) is 27.2 Å². The molecule has 21 heavy (non-hydrogen) atoms. The number of nitrogens with zero attached hydrogens (tertiary/aromatic N) is 3. The molecule has 0 unspecified atom stereocenters. The van der Waals surface area contributed by atoms with Crippen molar-refractivity contribution in [3.8, 4) is 0 Å². The summed E-state index contributed by atoms with van der Waals surface area (Å²) in [5, 5.41) is 14.2. The van der Waals surface area contributed by atoms with Gasteiger partial charge in [-0.2, -0.15) is 15.1 Å². The molecule has 0 fully saturated rings. The van der Waals surface area contributed by atoms with Gasteiger partial charge in [0.1, 0.15) is 5.82 Å². The molecular weight excluding hydrogens is 264 g/mol. The standard InChI is InChI=1S/C15H18N6/c1-9(2)10-6-4-5-7-12(10)18-13-11-8-17-21-14(11)20-15(16-3)19-13/h4-9H,1-3H3,(H3,16,17,18,19,20,21). The number of hydrogen-bond donors (Lipinski definition) is 3. The van der Waals surface area contributed by atoms with E-state index >= 15 is 0 Å². The Labute approximate surface area is 123 Å². The number of rotatable bonds is 4. The molecule has 0 spiro atoms. The minimum atomic E-state index is 0.430. The molecule has 3 aromatic rings. The molecule has 0 saturated carbocycles. The second-order valence-corrected chi connectivity index (χ2v) is 5.15. The van der Waals surface area contributed by atoms with E-state index < -0.39 is 0 Å². The molecule has 0 aliphatic heterocycles. The predicted molar refractivity (Wildman–Crippen MR) is 85.0 cm³/mol. The van der Waals surface area contributed by atoms with Crippen LogP contribution in [0, 0.1) is 0 Å². The summed E-state index contributed by atoms with van der Waals surface area (Å²) in [5.74, 6) is 1.72. The normalized spacial score (nSPS) is 11.0. The zero-order valence-corrected chi connectivity index (χ0v) is 12.3. The second kappa shape index (κ2) is 5.40. The van der Waals surface area contributed by atoms with Crippen LogP contribution in [-0.2, 0) is 0 Å². The largest absolute Gasteiger partial charge is 0.357 e. The van der Waals surface area contributed by atoms with Gasteiger partial charge in [0.2, 0.25) is 5.95 Å². The summed E-state index contributed by atoms with van der Waals surface area (Å²) in [4.78, 5) is 8.83. The zero-order chi connectivity index (χ0) is 14.8. The zero-order valence-electron chi connectivity index (χ0n) is 12.3. The van der Waals surface area contributed by atoms with Crippen LogP contribution >= 0.6 is 0 Å². The van der Waals surface area contributed by atoms with Crippen molar-refractivity contribution in [1.29, 1.82) is 0 Å². The number of nitrogens with one attached hydrogen (secondary N) is 3. The summed E-state index contributed by atoms with van der Waals surface area (Å²) in [5.41, 5.74) is 3.01. The Bertz CT molecular complexity index is 762. The third kappa shape index (κ3) is 2.52. The maximum Gasteiger partial charge on any atom is 0.226 e. The molecule has 6 heteroatoms. The fourth-order valence-electron chi connectivity index (χ4n) is 2.28. The van der Waals surface area contributed by atoms with Crippen molar-refractivity contribution in [3.05, 3.63) is 36.0 Å². The predicted octanol–water partition coefficient (Wildman–Crippen LogP) is 3.26. The quantitative estimate of drug-likeness (QED) is 0.684. The van der Waals surface area contributed by atoms with Gasteiger partial charge >= 0.3 is 0 Å². The lowest BCUT2D eigenvalue weighted by molar-refractivity contribution is 0.869. The van der Waals surface area contributed by atoms with E-state index in [1.54, 1.807) is 13.2 Å². The highest BCUT2D eigenvalue weighted by atomic mass is 15.2. The van der Waals surface area contributed by atoms with Crippen LogP contribution in [0.2, 0.25) is 0 Å². The summed E-state index contributed by atoms with van der Waals surface area (Å²) < 4.78 is 0. The molecule has 0 aliphatic carbocycles. The second-order valence-electron chi connectivity index (χ2n) is 5.15. The Morgan fingerprint density at radius 3 is 2.71 bits per heavy atom. The lowest BCUT2D eigenvalue weighted by Crippen LogP contribution is -2.03. The van der Waals surface area contributed by atoms with Gasteiger partial charge in [-0.25, -0.2) is 0 Å². The van der Waals surface area contributed by atoms with Gasteiger partial charge in [-0.1, -0.05) is 32.0 Å². The average molecular weight is 282 g/mol. The Morgan fingerprint density at radius 1 is 1.14 bits per heavy atom. The third-order valence-corrected chi connectivity index (χ3v) is 3.37. The molecule has 0 bridgehead atoms. The number of hydrogen-bond acceptors (Lipinski definition) is 5. The Kier molecular flexibility index (Phi) is 3.43. The first-order valence-electron chi connectivity index (χ1n) is 6.94. The van der Waals surface area contributed by atoms with Crippen LogP contribution in [0.25, 0.3) is 11.0 Å². The summed E-state index contributed by atoms with van der Waals surface area (Å²) in [6.45, 7) is 4.35. The van der Waals surface area contributed by atoms with Crippen LogP contribution in [0.1, 0.15) is 25.3 Å². The third-order valence-electron chi connectivity index (χ3n) is 3.37. The number of fused-ring (bicyclic) bond motifs is 1. The number of H-pyrrole nitrogens is 1. The van der Waals surface area contributed by atoms with Gasteiger partial charge < -0.3 is 10.6 Å². The molecule has 0 saturated heterocycles. The van der Waals surface area contributed by atoms with Crippen LogP contribution in [0.5, 0.6) is 0 Å². The lowest BCUT2D eigenvalue weighted by Gasteiger charge is -2.14. The Morgan fingerprint density at radius 2 is 1.95 bits per heavy atom. The van der Waals surface area contributed by atoms with Gasteiger partial charge in [0, 0.05) is 12.7 Å². The fraction of sp³-hybridized carbons (Fsp3) is 0.267. The van der Waals surface area contributed by atoms with Gasteiger partial charge in [0.15, 0.2) is 5.65 Å². The highest BCUT2D eigenvalue weighted by Crippen LogP contribution is 2.29. The molecule has 1 aromatic carbocycles. The molecule has 0 radical (unpaired) electrons. The van der Waals surface area contributed by atoms with Crippen LogP contribution in [0.3, 0.4) is 0 Å². The van der Waals surface area contributed by atoms with Crippen molar-refractivity contribution < 1.29 is 0 Å². The summed E-state index contributed by atoms with van der Waals surface area (Å²) in [6, 6.07) is 8.25. The van der Waals surface area contributed by atoms with E-state index in [4.69, 9.17) is 0 Å². The average Bonchev–Trinajstić information content (AvgIpc) is 2.96. The summed E-state index contributed by atoms with van der Waals surface area (Å²) in [6.07, 6.45) is 1.73. The number of para-hydroxylation sites is 1. The van der Waals surface area contributed by atoms with E-state index in [1.165, 1.54) is 5.56 Å². The van der Waals surface area contributed by atoms with Gasteiger partial charge in [0.05, 0.1) is 11.6 Å². The van der Waals surface area contributed by atoms with E-state index in [9.17, 15) is 0 Å². The van der Waals surface area contributed by atoms with Crippen molar-refractivity contribution in [2.75, 3.05) is 17.7 Å². The molecule has 108 valence electrons. The minimum Gasteiger partial charge on any atom is -0.357 e. The van der Waals surface area contributed by atoms with Crippen molar-refractivity contribution in [2.45, 2.75) is 19.8 Å². The first-order valence-corrected chi connectivity index (χ1v) is 6.94. The van der Waals surface area contributed by atoms with E-state index in [0.29, 0.717) is 17.5 Å². The van der Waals surface area contributed by atoms with Crippen molar-refractivity contribution in [3.63, 3.8) is 0 Å². The van der Waals surface area contributed by atoms with Crippen molar-refractivity contribution in [2.24, 2.45) is 0 Å². The van der Waals surface area contributed by atoms with Gasteiger partial charge in [-0.15, -0.1) is 0 Å². The monoisotopic (exact) mass is 282 g/mol. The van der Waals surface area contributed by atoms with Crippen LogP contribution in [0.4, 0.5) is 17.5 Å². The van der Waals surface area contributed by atoms with E-state index in [2.05, 4.69) is 56.8 Å². The Balaban J connectivity index is 2.07. The first kappa shape index (κ1) is 13.4. The highest BCUT2D eigenvalue weighted by molar-refractivity contribution is 5.89. The molecular formula is C15H18N6. The lowest BCUT2D eigenvalue weighted by atomic mass is 10.0. The SMILES string of the molecule is CNc1nc(Nc2ccccc2C(C)C)c2cn[nH]c2n1. The first-order chi connectivity index (χ1) is 10.2. The molecule has 0 atom stereocenters. The molecule has 3 rings (SSSR count). The number of benzene rings is 1. The van der Waals surface area contributed by atoms with E-state index in [-0.39, 0.29) is 0 Å². The van der Waals surface area contributed by atoms with Crippen molar-refractivity contribution >= 4 is 28.5 Å². The van der Waals surface area contributed by atoms with Crippen LogP contribution in [0.15, 0.2) is 30.5 Å². The minimum absolute atomic E-state index is 0.430. The molecule has 2 heterocycles. The molecule has 0 aliphatic rings. The fourth-order valence-corrected chi connectivity index (χ4v) is 2.28. The molecule has 3 N–H and O–H groups in total. The molecule has 2 aromatic heterocycles. The van der Waals surface area contributed by atoms with Crippen LogP contribution < -0.4 is 10.6 Å². The van der Waals surface area contributed by atoms with E-state index in [0.717, 1.165) is 16.9 Å². The topological polar surface area (TPSA) is 78.5 Å². The summed E-state index contributed by atoms with van der Waals surface area (Å²) in [7, 11) is 1.80. The smallest absolute Gasteiger partial charge is 0.226 e. The highest BCUT2D eigenvalue weighted by Gasteiger charge is 2.12. The Hall–Kier alpha value is -2.63. The molecule has 6 nitrogen and oxygen atoms in total. The molecule has 0 amide bonds.